The van der Waals surface area contributed by atoms with E-state index < -0.39 is 5.60 Å². The standard InChI is InChI=1S/C16H17BrO2/c1-16(18,13-7-5-8-14(17)10-13)11-12-6-3-4-9-15(12)19-2/h3-10,18H,11H2,1-2H3. The number of ether oxygens (including phenoxy) is 1. The molecule has 2 aromatic carbocycles. The molecule has 0 aromatic heterocycles. The van der Waals surface area contributed by atoms with Crippen LogP contribution >= 0.6 is 15.9 Å². The first-order valence-corrected chi connectivity index (χ1v) is 6.92. The van der Waals surface area contributed by atoms with E-state index in [0.29, 0.717) is 6.42 Å². The van der Waals surface area contributed by atoms with Crippen LogP contribution in [0.1, 0.15) is 18.1 Å². The predicted octanol–water partition coefficient (Wildman–Crippen LogP) is 3.91. The van der Waals surface area contributed by atoms with Gasteiger partial charge >= 0.3 is 0 Å². The van der Waals surface area contributed by atoms with Gasteiger partial charge in [-0.2, -0.15) is 0 Å². The van der Waals surface area contributed by atoms with Crippen molar-refractivity contribution in [3.8, 4) is 5.75 Å². The van der Waals surface area contributed by atoms with Crippen LogP contribution in [0.15, 0.2) is 53.0 Å². The van der Waals surface area contributed by atoms with Crippen molar-refractivity contribution < 1.29 is 9.84 Å². The van der Waals surface area contributed by atoms with Crippen molar-refractivity contribution in [2.75, 3.05) is 7.11 Å². The third-order valence-corrected chi connectivity index (χ3v) is 3.67. The quantitative estimate of drug-likeness (QED) is 0.925. The molecule has 2 aromatic rings. The molecule has 1 unspecified atom stereocenters. The summed E-state index contributed by atoms with van der Waals surface area (Å²) in [6.45, 7) is 1.82. The fraction of sp³-hybridized carbons (Fsp3) is 0.250. The summed E-state index contributed by atoms with van der Waals surface area (Å²) < 4.78 is 6.29. The van der Waals surface area contributed by atoms with Gasteiger partial charge in [-0.25, -0.2) is 0 Å². The number of halogens is 1. The Labute approximate surface area is 122 Å². The Kier molecular flexibility index (Phi) is 4.27. The minimum atomic E-state index is -0.932. The van der Waals surface area contributed by atoms with E-state index >= 15 is 0 Å². The third-order valence-electron chi connectivity index (χ3n) is 3.17. The second-order valence-corrected chi connectivity index (χ2v) is 5.69. The van der Waals surface area contributed by atoms with Crippen LogP contribution in [-0.4, -0.2) is 12.2 Å². The maximum atomic E-state index is 10.7. The first-order chi connectivity index (χ1) is 9.03. The summed E-state index contributed by atoms with van der Waals surface area (Å²) in [5, 5.41) is 10.7. The van der Waals surface area contributed by atoms with E-state index in [0.717, 1.165) is 21.3 Å². The van der Waals surface area contributed by atoms with Crippen LogP contribution in [0.5, 0.6) is 5.75 Å². The summed E-state index contributed by atoms with van der Waals surface area (Å²) in [5.41, 5.74) is 0.945. The Morgan fingerprint density at radius 1 is 1.16 bits per heavy atom. The van der Waals surface area contributed by atoms with Gasteiger partial charge in [-0.05, 0) is 36.2 Å². The molecule has 3 heteroatoms. The van der Waals surface area contributed by atoms with Crippen molar-refractivity contribution in [1.29, 1.82) is 0 Å². The van der Waals surface area contributed by atoms with Crippen molar-refractivity contribution in [1.82, 2.24) is 0 Å². The van der Waals surface area contributed by atoms with E-state index in [1.165, 1.54) is 0 Å². The minimum absolute atomic E-state index is 0.507. The molecule has 0 aliphatic rings. The Balaban J connectivity index is 2.30. The van der Waals surface area contributed by atoms with Crippen LogP contribution in [0, 0.1) is 0 Å². The highest BCUT2D eigenvalue weighted by molar-refractivity contribution is 9.10. The van der Waals surface area contributed by atoms with Crippen molar-refractivity contribution in [3.05, 3.63) is 64.1 Å². The van der Waals surface area contributed by atoms with Crippen LogP contribution in [-0.2, 0) is 12.0 Å². The molecule has 0 radical (unpaired) electrons. The molecular formula is C16H17BrO2. The average Bonchev–Trinajstić information content (AvgIpc) is 2.39. The molecule has 0 spiro atoms. The Morgan fingerprint density at radius 2 is 1.89 bits per heavy atom. The fourth-order valence-electron chi connectivity index (χ4n) is 2.15. The van der Waals surface area contributed by atoms with E-state index in [1.54, 1.807) is 7.11 Å². The molecule has 2 nitrogen and oxygen atoms in total. The smallest absolute Gasteiger partial charge is 0.122 e. The molecule has 1 N–H and O–H groups in total. The van der Waals surface area contributed by atoms with Crippen LogP contribution in [0.4, 0.5) is 0 Å². The first-order valence-electron chi connectivity index (χ1n) is 6.13. The largest absolute Gasteiger partial charge is 0.496 e. The third kappa shape index (κ3) is 3.37. The van der Waals surface area contributed by atoms with Gasteiger partial charge in [0.2, 0.25) is 0 Å². The topological polar surface area (TPSA) is 29.5 Å². The van der Waals surface area contributed by atoms with Gasteiger partial charge in [0.15, 0.2) is 0 Å². The molecule has 2 rings (SSSR count). The highest BCUT2D eigenvalue weighted by Crippen LogP contribution is 2.30. The number of aliphatic hydroxyl groups is 1. The monoisotopic (exact) mass is 320 g/mol. The lowest BCUT2D eigenvalue weighted by atomic mass is 9.89. The number of para-hydroxylation sites is 1. The highest BCUT2D eigenvalue weighted by atomic mass is 79.9. The summed E-state index contributed by atoms with van der Waals surface area (Å²) >= 11 is 3.43. The summed E-state index contributed by atoms with van der Waals surface area (Å²) in [5.74, 6) is 0.803. The Hall–Kier alpha value is -1.32. The maximum absolute atomic E-state index is 10.7. The molecule has 0 amide bonds. The lowest BCUT2D eigenvalue weighted by Gasteiger charge is -2.25. The predicted molar refractivity (Wildman–Crippen MR) is 80.4 cm³/mol. The van der Waals surface area contributed by atoms with E-state index in [9.17, 15) is 5.11 Å². The molecule has 0 saturated carbocycles. The summed E-state index contributed by atoms with van der Waals surface area (Å²) in [4.78, 5) is 0. The molecule has 100 valence electrons. The van der Waals surface area contributed by atoms with Crippen molar-refractivity contribution in [2.24, 2.45) is 0 Å². The molecule has 1 atom stereocenters. The van der Waals surface area contributed by atoms with Gasteiger partial charge in [0.05, 0.1) is 12.7 Å². The fourth-order valence-corrected chi connectivity index (χ4v) is 2.54. The molecule has 0 aliphatic carbocycles. The van der Waals surface area contributed by atoms with Crippen LogP contribution in [0.3, 0.4) is 0 Å². The number of hydrogen-bond donors (Lipinski definition) is 1. The molecular weight excluding hydrogens is 304 g/mol. The lowest BCUT2D eigenvalue weighted by molar-refractivity contribution is 0.0569. The van der Waals surface area contributed by atoms with E-state index in [2.05, 4.69) is 15.9 Å². The normalized spacial score (nSPS) is 13.9. The first kappa shape index (κ1) is 14.1. The average molecular weight is 321 g/mol. The van der Waals surface area contributed by atoms with Crippen molar-refractivity contribution in [2.45, 2.75) is 18.9 Å². The molecule has 0 heterocycles. The number of rotatable bonds is 4. The molecule has 19 heavy (non-hydrogen) atoms. The minimum Gasteiger partial charge on any atom is -0.496 e. The maximum Gasteiger partial charge on any atom is 0.122 e. The second kappa shape index (κ2) is 5.76. The number of methoxy groups -OCH3 is 1. The molecule has 0 fully saturated rings. The van der Waals surface area contributed by atoms with Gasteiger partial charge in [-0.3, -0.25) is 0 Å². The van der Waals surface area contributed by atoms with Crippen molar-refractivity contribution in [3.63, 3.8) is 0 Å². The summed E-state index contributed by atoms with van der Waals surface area (Å²) in [6, 6.07) is 15.5. The van der Waals surface area contributed by atoms with Crippen LogP contribution in [0.25, 0.3) is 0 Å². The van der Waals surface area contributed by atoms with Gasteiger partial charge in [0.1, 0.15) is 5.75 Å². The van der Waals surface area contributed by atoms with Gasteiger partial charge in [0, 0.05) is 10.9 Å². The Bertz CT molecular complexity index is 564. The van der Waals surface area contributed by atoms with Gasteiger partial charge in [0.25, 0.3) is 0 Å². The van der Waals surface area contributed by atoms with E-state index in [4.69, 9.17) is 4.74 Å². The number of hydrogen-bond acceptors (Lipinski definition) is 2. The van der Waals surface area contributed by atoms with Gasteiger partial charge < -0.3 is 9.84 Å². The second-order valence-electron chi connectivity index (χ2n) is 4.77. The lowest BCUT2D eigenvalue weighted by Crippen LogP contribution is -2.24. The van der Waals surface area contributed by atoms with Gasteiger partial charge in [-0.15, -0.1) is 0 Å². The SMILES string of the molecule is COc1ccccc1CC(C)(O)c1cccc(Br)c1. The van der Waals surface area contributed by atoms with Gasteiger partial charge in [-0.1, -0.05) is 46.3 Å². The van der Waals surface area contributed by atoms with E-state index in [1.807, 2.05) is 55.5 Å². The van der Waals surface area contributed by atoms with Crippen LogP contribution < -0.4 is 4.74 Å². The molecule has 0 saturated heterocycles. The zero-order chi connectivity index (χ0) is 13.9. The van der Waals surface area contributed by atoms with Crippen molar-refractivity contribution >= 4 is 15.9 Å². The van der Waals surface area contributed by atoms with E-state index in [-0.39, 0.29) is 0 Å². The highest BCUT2D eigenvalue weighted by Gasteiger charge is 2.25. The summed E-state index contributed by atoms with van der Waals surface area (Å²) in [7, 11) is 1.65. The number of benzene rings is 2. The zero-order valence-corrected chi connectivity index (χ0v) is 12.6. The molecule has 0 aliphatic heterocycles. The van der Waals surface area contributed by atoms with Crippen LogP contribution in [0.2, 0.25) is 0 Å². The molecule has 0 bridgehead atoms. The zero-order valence-electron chi connectivity index (χ0n) is 11.1. The Morgan fingerprint density at radius 3 is 2.58 bits per heavy atom. The summed E-state index contributed by atoms with van der Waals surface area (Å²) in [6.07, 6.45) is 0.507.